The summed E-state index contributed by atoms with van der Waals surface area (Å²) < 4.78 is 12.0. The Hall–Kier alpha value is -1.40. The average molecular weight is 531 g/mol. The molecule has 11 atom stereocenters. The highest BCUT2D eigenvalue weighted by molar-refractivity contribution is 5.94. The fourth-order valence-corrected chi connectivity index (χ4v) is 10.7. The number of hydrogen-bond donors (Lipinski definition) is 2. The van der Waals surface area contributed by atoms with Crippen molar-refractivity contribution in [2.45, 2.75) is 137 Å². The second kappa shape index (κ2) is 9.33. The molecule has 0 spiro atoms. The van der Waals surface area contributed by atoms with Crippen molar-refractivity contribution in [1.29, 1.82) is 0 Å². The van der Waals surface area contributed by atoms with Crippen LogP contribution in [0.5, 0.6) is 0 Å². The van der Waals surface area contributed by atoms with Crippen LogP contribution in [0.15, 0.2) is 11.1 Å². The standard InChI is InChI=1S/C32H50O6/c1-8-19(33)15-25(35)38-24-17-22-30(5)13-10-12-29(4,9-2)21(30)11-14-31(22,6)23-16-20(34)26-18(3)37-28(36)27(26)32(23,24)7/h18-24,33-34H,8-17H2,1-7H3/t18-,19?,20-,21+,22?,23+,24-,29+,30+,31-,32-/m1/s1. The van der Waals surface area contributed by atoms with E-state index in [1.54, 1.807) is 0 Å². The summed E-state index contributed by atoms with van der Waals surface area (Å²) in [6.45, 7) is 15.5. The zero-order chi connectivity index (χ0) is 27.8. The summed E-state index contributed by atoms with van der Waals surface area (Å²) in [6.07, 6.45) is 6.32. The Bertz CT molecular complexity index is 1020. The van der Waals surface area contributed by atoms with Crippen molar-refractivity contribution in [2.24, 2.45) is 39.4 Å². The van der Waals surface area contributed by atoms with Gasteiger partial charge in [-0.05, 0) is 85.9 Å². The van der Waals surface area contributed by atoms with Gasteiger partial charge in [0.05, 0.1) is 24.2 Å². The van der Waals surface area contributed by atoms with E-state index < -0.39 is 35.8 Å². The Balaban J connectivity index is 1.63. The first-order valence-corrected chi connectivity index (χ1v) is 15.3. The van der Waals surface area contributed by atoms with E-state index >= 15 is 0 Å². The maximum atomic E-state index is 13.4. The maximum Gasteiger partial charge on any atom is 0.335 e. The van der Waals surface area contributed by atoms with E-state index in [9.17, 15) is 19.8 Å². The van der Waals surface area contributed by atoms with E-state index in [-0.39, 0.29) is 29.1 Å². The van der Waals surface area contributed by atoms with Crippen LogP contribution in [0.3, 0.4) is 0 Å². The highest BCUT2D eigenvalue weighted by Gasteiger charge is 2.71. The molecule has 3 fully saturated rings. The van der Waals surface area contributed by atoms with Crippen LogP contribution in [-0.2, 0) is 19.1 Å². The first-order valence-electron chi connectivity index (χ1n) is 15.3. The SMILES string of the molecule is CCC(O)CC(=O)O[C@@H]1CC2[C@@](C)(CC[C@H]3[C@@](C)(CC)CCC[C@]23C)[C@@H]2C[C@@H](O)C3=C(C(=O)O[C@@H]3C)[C@]21C. The normalized spacial score (nSPS) is 48.8. The van der Waals surface area contributed by atoms with Gasteiger partial charge < -0.3 is 19.7 Å². The zero-order valence-corrected chi connectivity index (χ0v) is 24.6. The fraction of sp³-hybridized carbons (Fsp3) is 0.875. The molecule has 5 rings (SSSR count). The van der Waals surface area contributed by atoms with E-state index in [0.29, 0.717) is 47.7 Å². The number of hydrogen-bond acceptors (Lipinski definition) is 6. The van der Waals surface area contributed by atoms with Gasteiger partial charge in [0, 0.05) is 11.0 Å². The van der Waals surface area contributed by atoms with Crippen molar-refractivity contribution in [1.82, 2.24) is 0 Å². The van der Waals surface area contributed by atoms with E-state index in [4.69, 9.17) is 9.47 Å². The summed E-state index contributed by atoms with van der Waals surface area (Å²) in [5, 5.41) is 21.6. The summed E-state index contributed by atoms with van der Waals surface area (Å²) in [5.74, 6) is 0.138. The number of carbonyl (C=O) groups excluding carboxylic acids is 2. The summed E-state index contributed by atoms with van der Waals surface area (Å²) in [4.78, 5) is 26.6. The summed E-state index contributed by atoms with van der Waals surface area (Å²) in [6, 6.07) is 0. The lowest BCUT2D eigenvalue weighted by Gasteiger charge is -2.70. The van der Waals surface area contributed by atoms with Gasteiger partial charge in [-0.1, -0.05) is 54.4 Å². The number of cyclic esters (lactones) is 1. The van der Waals surface area contributed by atoms with Gasteiger partial charge in [-0.25, -0.2) is 4.79 Å². The van der Waals surface area contributed by atoms with Crippen molar-refractivity contribution < 1.29 is 29.3 Å². The molecule has 5 aliphatic rings. The van der Waals surface area contributed by atoms with Crippen molar-refractivity contribution in [3.05, 3.63) is 11.1 Å². The molecule has 0 amide bonds. The number of aliphatic hydroxyl groups is 2. The Kier molecular flexibility index (Phi) is 6.91. The van der Waals surface area contributed by atoms with Crippen molar-refractivity contribution in [3.63, 3.8) is 0 Å². The highest BCUT2D eigenvalue weighted by atomic mass is 16.6. The lowest BCUT2D eigenvalue weighted by atomic mass is 9.34. The summed E-state index contributed by atoms with van der Waals surface area (Å²) in [7, 11) is 0. The highest BCUT2D eigenvalue weighted by Crippen LogP contribution is 2.74. The van der Waals surface area contributed by atoms with E-state index in [1.807, 2.05) is 13.8 Å². The number of ether oxygens (including phenoxy) is 2. The summed E-state index contributed by atoms with van der Waals surface area (Å²) in [5.41, 5.74) is 0.815. The minimum atomic E-state index is -0.737. The molecule has 6 nitrogen and oxygen atoms in total. The van der Waals surface area contributed by atoms with Gasteiger partial charge in [-0.15, -0.1) is 0 Å². The number of fused-ring (bicyclic) bond motifs is 6. The second-order valence-electron chi connectivity index (χ2n) is 14.5. The van der Waals surface area contributed by atoms with Gasteiger partial charge in [0.15, 0.2) is 0 Å². The third kappa shape index (κ3) is 3.78. The predicted octanol–water partition coefficient (Wildman–Crippen LogP) is 5.73. The molecule has 214 valence electrons. The molecule has 1 aliphatic heterocycles. The van der Waals surface area contributed by atoms with E-state index in [2.05, 4.69) is 34.6 Å². The molecule has 0 saturated heterocycles. The Morgan fingerprint density at radius 2 is 1.74 bits per heavy atom. The third-order valence-corrected chi connectivity index (χ3v) is 12.8. The lowest BCUT2D eigenvalue weighted by Crippen LogP contribution is -2.67. The fourth-order valence-electron chi connectivity index (χ4n) is 10.7. The molecule has 0 aromatic carbocycles. The Morgan fingerprint density at radius 1 is 1.05 bits per heavy atom. The second-order valence-corrected chi connectivity index (χ2v) is 14.5. The quantitative estimate of drug-likeness (QED) is 0.441. The largest absolute Gasteiger partial charge is 0.461 e. The maximum absolute atomic E-state index is 13.4. The van der Waals surface area contributed by atoms with Gasteiger partial charge >= 0.3 is 11.9 Å². The van der Waals surface area contributed by atoms with Gasteiger partial charge in [0.2, 0.25) is 0 Å². The molecule has 38 heavy (non-hydrogen) atoms. The van der Waals surface area contributed by atoms with Gasteiger partial charge in [0.1, 0.15) is 12.2 Å². The zero-order valence-electron chi connectivity index (χ0n) is 24.6. The first-order chi connectivity index (χ1) is 17.8. The monoisotopic (exact) mass is 530 g/mol. The van der Waals surface area contributed by atoms with E-state index in [1.165, 1.54) is 25.7 Å². The first kappa shape index (κ1) is 28.1. The van der Waals surface area contributed by atoms with Gasteiger partial charge in [-0.2, -0.15) is 0 Å². The van der Waals surface area contributed by atoms with Gasteiger partial charge in [-0.3, -0.25) is 4.79 Å². The predicted molar refractivity (Wildman–Crippen MR) is 145 cm³/mol. The topological polar surface area (TPSA) is 93.1 Å². The minimum Gasteiger partial charge on any atom is -0.461 e. The van der Waals surface area contributed by atoms with E-state index in [0.717, 1.165) is 12.8 Å². The molecule has 4 aliphatic carbocycles. The molecule has 0 aromatic rings. The Labute approximate surface area is 228 Å². The van der Waals surface area contributed by atoms with Crippen LogP contribution in [0.2, 0.25) is 0 Å². The van der Waals surface area contributed by atoms with Crippen molar-refractivity contribution in [2.75, 3.05) is 0 Å². The molecular formula is C32H50O6. The van der Waals surface area contributed by atoms with Crippen molar-refractivity contribution >= 4 is 11.9 Å². The van der Waals surface area contributed by atoms with Crippen LogP contribution >= 0.6 is 0 Å². The molecule has 0 radical (unpaired) electrons. The number of aliphatic hydroxyl groups excluding tert-OH is 2. The molecule has 6 heteroatoms. The van der Waals surface area contributed by atoms with Crippen LogP contribution in [0.1, 0.15) is 113 Å². The number of carbonyl (C=O) groups is 2. The number of rotatable bonds is 5. The molecular weight excluding hydrogens is 480 g/mol. The van der Waals surface area contributed by atoms with Crippen LogP contribution in [0, 0.1) is 39.4 Å². The molecule has 0 aromatic heterocycles. The lowest BCUT2D eigenvalue weighted by molar-refractivity contribution is -0.232. The third-order valence-electron chi connectivity index (χ3n) is 12.8. The molecule has 2 N–H and O–H groups in total. The van der Waals surface area contributed by atoms with Gasteiger partial charge in [0.25, 0.3) is 0 Å². The van der Waals surface area contributed by atoms with Crippen LogP contribution < -0.4 is 0 Å². The number of esters is 2. The smallest absolute Gasteiger partial charge is 0.335 e. The molecule has 0 bridgehead atoms. The average Bonchev–Trinajstić information content (AvgIpc) is 3.16. The minimum absolute atomic E-state index is 0.0122. The molecule has 1 heterocycles. The van der Waals surface area contributed by atoms with Crippen molar-refractivity contribution in [3.8, 4) is 0 Å². The summed E-state index contributed by atoms with van der Waals surface area (Å²) >= 11 is 0. The van der Waals surface area contributed by atoms with Crippen LogP contribution in [0.25, 0.3) is 0 Å². The van der Waals surface area contributed by atoms with Crippen LogP contribution in [0.4, 0.5) is 0 Å². The van der Waals surface area contributed by atoms with Crippen LogP contribution in [-0.4, -0.2) is 46.6 Å². The Morgan fingerprint density at radius 3 is 2.39 bits per heavy atom. The molecule has 2 unspecified atom stereocenters. The molecule has 3 saturated carbocycles.